The molecular formula is C20H27NO3. The maximum absolute atomic E-state index is 12.5. The van der Waals surface area contributed by atoms with Gasteiger partial charge in [0.25, 0.3) is 0 Å². The van der Waals surface area contributed by atoms with Crippen LogP contribution in [0.3, 0.4) is 0 Å². The summed E-state index contributed by atoms with van der Waals surface area (Å²) in [5, 5.41) is 0. The Morgan fingerprint density at radius 1 is 1.04 bits per heavy atom. The number of esters is 1. The van der Waals surface area contributed by atoms with Gasteiger partial charge in [0.2, 0.25) is 5.91 Å². The van der Waals surface area contributed by atoms with Gasteiger partial charge in [-0.15, -0.1) is 0 Å². The maximum atomic E-state index is 12.5. The molecule has 1 aromatic carbocycles. The van der Waals surface area contributed by atoms with Crippen molar-refractivity contribution in [2.45, 2.75) is 64.0 Å². The quantitative estimate of drug-likeness (QED) is 0.748. The Morgan fingerprint density at radius 3 is 2.54 bits per heavy atom. The first-order chi connectivity index (χ1) is 11.7. The normalized spacial score (nSPS) is 21.2. The number of nitrogens with zero attached hydrogens (tertiary/aromatic N) is 1. The summed E-state index contributed by atoms with van der Waals surface area (Å²) in [4.78, 5) is 26.6. The zero-order valence-electron chi connectivity index (χ0n) is 14.3. The number of hydrogen-bond donors (Lipinski definition) is 0. The Hall–Kier alpha value is -1.84. The Morgan fingerprint density at radius 2 is 1.79 bits per heavy atom. The van der Waals surface area contributed by atoms with E-state index in [-0.39, 0.29) is 24.5 Å². The summed E-state index contributed by atoms with van der Waals surface area (Å²) in [5.74, 6) is 0.576. The third kappa shape index (κ3) is 4.37. The van der Waals surface area contributed by atoms with Gasteiger partial charge >= 0.3 is 5.97 Å². The smallest absolute Gasteiger partial charge is 0.329 e. The lowest BCUT2D eigenvalue weighted by atomic mass is 10.0. The number of benzene rings is 1. The van der Waals surface area contributed by atoms with E-state index in [4.69, 9.17) is 4.74 Å². The molecule has 130 valence electrons. The monoisotopic (exact) mass is 329 g/mol. The molecule has 0 spiro atoms. The van der Waals surface area contributed by atoms with E-state index in [2.05, 4.69) is 0 Å². The number of amides is 1. The maximum Gasteiger partial charge on any atom is 0.329 e. The molecule has 0 N–H and O–H groups in total. The van der Waals surface area contributed by atoms with Crippen molar-refractivity contribution in [1.82, 2.24) is 4.90 Å². The zero-order chi connectivity index (χ0) is 16.8. The van der Waals surface area contributed by atoms with Crippen LogP contribution in [-0.4, -0.2) is 29.4 Å². The Labute approximate surface area is 144 Å². The summed E-state index contributed by atoms with van der Waals surface area (Å²) < 4.78 is 5.44. The standard InChI is InChI=1S/C20H27NO3/c22-19(13-12-16-7-4-5-8-16)21-14-6-11-18(21)20(23)24-15-17-9-2-1-3-10-17/h1-3,9-10,16,18H,4-8,11-15H2/t18-/m0/s1. The highest BCUT2D eigenvalue weighted by atomic mass is 16.5. The van der Waals surface area contributed by atoms with Crippen molar-refractivity contribution in [3.8, 4) is 0 Å². The van der Waals surface area contributed by atoms with Crippen LogP contribution >= 0.6 is 0 Å². The molecule has 0 aromatic heterocycles. The topological polar surface area (TPSA) is 46.6 Å². The van der Waals surface area contributed by atoms with E-state index in [1.165, 1.54) is 25.7 Å². The minimum absolute atomic E-state index is 0.126. The number of carbonyl (C=O) groups is 2. The van der Waals surface area contributed by atoms with Crippen LogP contribution in [0, 0.1) is 5.92 Å². The molecule has 0 radical (unpaired) electrons. The van der Waals surface area contributed by atoms with E-state index in [9.17, 15) is 9.59 Å². The molecule has 2 fully saturated rings. The van der Waals surface area contributed by atoms with Crippen LogP contribution in [0.4, 0.5) is 0 Å². The molecule has 4 heteroatoms. The molecule has 1 atom stereocenters. The van der Waals surface area contributed by atoms with Gasteiger partial charge in [0, 0.05) is 13.0 Å². The van der Waals surface area contributed by atoms with Crippen LogP contribution in [0.1, 0.15) is 56.9 Å². The molecule has 2 aliphatic rings. The summed E-state index contributed by atoms with van der Waals surface area (Å²) in [6.45, 7) is 0.967. The van der Waals surface area contributed by atoms with Crippen LogP contribution in [0.2, 0.25) is 0 Å². The minimum Gasteiger partial charge on any atom is -0.459 e. The predicted molar refractivity (Wildman–Crippen MR) is 92.2 cm³/mol. The van der Waals surface area contributed by atoms with Crippen molar-refractivity contribution >= 4 is 11.9 Å². The van der Waals surface area contributed by atoms with Gasteiger partial charge in [0.05, 0.1) is 0 Å². The van der Waals surface area contributed by atoms with Crippen molar-refractivity contribution in [3.63, 3.8) is 0 Å². The molecule has 1 amide bonds. The van der Waals surface area contributed by atoms with Crippen molar-refractivity contribution in [3.05, 3.63) is 35.9 Å². The number of carbonyl (C=O) groups excluding carboxylic acids is 2. The molecule has 1 saturated carbocycles. The summed E-state index contributed by atoms with van der Waals surface area (Å²) >= 11 is 0. The first-order valence-electron chi connectivity index (χ1n) is 9.24. The fraction of sp³-hybridized carbons (Fsp3) is 0.600. The molecule has 4 nitrogen and oxygen atoms in total. The van der Waals surface area contributed by atoms with Gasteiger partial charge in [-0.3, -0.25) is 4.79 Å². The second-order valence-corrected chi connectivity index (χ2v) is 7.03. The van der Waals surface area contributed by atoms with Crippen LogP contribution in [-0.2, 0) is 20.9 Å². The molecule has 1 aliphatic carbocycles. The number of hydrogen-bond acceptors (Lipinski definition) is 3. The molecule has 1 aromatic rings. The van der Waals surface area contributed by atoms with Crippen LogP contribution < -0.4 is 0 Å². The zero-order valence-corrected chi connectivity index (χ0v) is 14.3. The molecule has 1 saturated heterocycles. The summed E-state index contributed by atoms with van der Waals surface area (Å²) in [5.41, 5.74) is 0.975. The van der Waals surface area contributed by atoms with Gasteiger partial charge < -0.3 is 9.64 Å². The fourth-order valence-electron chi connectivity index (χ4n) is 3.91. The van der Waals surface area contributed by atoms with Gasteiger partial charge in [-0.25, -0.2) is 4.79 Å². The van der Waals surface area contributed by atoms with E-state index in [0.29, 0.717) is 18.9 Å². The van der Waals surface area contributed by atoms with E-state index in [0.717, 1.165) is 24.8 Å². The number of ether oxygens (including phenoxy) is 1. The summed E-state index contributed by atoms with van der Waals surface area (Å²) in [6, 6.07) is 9.28. The molecule has 0 bridgehead atoms. The van der Waals surface area contributed by atoms with Crippen molar-refractivity contribution in [2.75, 3.05) is 6.54 Å². The SMILES string of the molecule is O=C(OCc1ccccc1)[C@@H]1CCCN1C(=O)CCC1CCCC1. The Bertz CT molecular complexity index is 551. The van der Waals surface area contributed by atoms with Crippen molar-refractivity contribution < 1.29 is 14.3 Å². The number of likely N-dealkylation sites (tertiary alicyclic amines) is 1. The van der Waals surface area contributed by atoms with Gasteiger partial charge in [-0.05, 0) is 30.7 Å². The van der Waals surface area contributed by atoms with Gasteiger partial charge in [-0.1, -0.05) is 56.0 Å². The van der Waals surface area contributed by atoms with E-state index in [1.807, 2.05) is 30.3 Å². The largest absolute Gasteiger partial charge is 0.459 e. The molecule has 1 aliphatic heterocycles. The van der Waals surface area contributed by atoms with E-state index >= 15 is 0 Å². The van der Waals surface area contributed by atoms with Crippen LogP contribution in [0.15, 0.2) is 30.3 Å². The highest BCUT2D eigenvalue weighted by Gasteiger charge is 2.35. The highest BCUT2D eigenvalue weighted by Crippen LogP contribution is 2.29. The molecular weight excluding hydrogens is 302 g/mol. The first kappa shape index (κ1) is 17.0. The lowest BCUT2D eigenvalue weighted by Crippen LogP contribution is -2.41. The number of rotatable bonds is 6. The average Bonchev–Trinajstić information content (AvgIpc) is 3.30. The molecule has 24 heavy (non-hydrogen) atoms. The van der Waals surface area contributed by atoms with E-state index < -0.39 is 0 Å². The van der Waals surface area contributed by atoms with E-state index in [1.54, 1.807) is 4.90 Å². The lowest BCUT2D eigenvalue weighted by molar-refractivity contribution is -0.154. The van der Waals surface area contributed by atoms with Gasteiger partial charge in [0.15, 0.2) is 0 Å². The van der Waals surface area contributed by atoms with Gasteiger partial charge in [0.1, 0.15) is 12.6 Å². The van der Waals surface area contributed by atoms with Crippen LogP contribution in [0.25, 0.3) is 0 Å². The third-order valence-corrected chi connectivity index (χ3v) is 5.31. The molecule has 0 unspecified atom stereocenters. The summed E-state index contributed by atoms with van der Waals surface area (Å²) in [7, 11) is 0. The van der Waals surface area contributed by atoms with Crippen LogP contribution in [0.5, 0.6) is 0 Å². The second kappa shape index (κ2) is 8.32. The fourth-order valence-corrected chi connectivity index (χ4v) is 3.91. The minimum atomic E-state index is -0.384. The van der Waals surface area contributed by atoms with Crippen molar-refractivity contribution in [2.24, 2.45) is 5.92 Å². The Balaban J connectivity index is 1.48. The Kier molecular flexibility index (Phi) is 5.89. The highest BCUT2D eigenvalue weighted by molar-refractivity contribution is 5.85. The summed E-state index contributed by atoms with van der Waals surface area (Å²) in [6.07, 6.45) is 8.29. The molecule has 3 rings (SSSR count). The predicted octanol–water partition coefficient (Wildman–Crippen LogP) is 3.69. The van der Waals surface area contributed by atoms with Crippen molar-refractivity contribution in [1.29, 1.82) is 0 Å². The first-order valence-corrected chi connectivity index (χ1v) is 9.24. The third-order valence-electron chi connectivity index (χ3n) is 5.31. The second-order valence-electron chi connectivity index (χ2n) is 7.03. The molecule has 1 heterocycles. The lowest BCUT2D eigenvalue weighted by Gasteiger charge is -2.24. The van der Waals surface area contributed by atoms with Gasteiger partial charge in [-0.2, -0.15) is 0 Å². The average molecular weight is 329 g/mol.